The van der Waals surface area contributed by atoms with Crippen molar-refractivity contribution in [1.29, 1.82) is 0 Å². The van der Waals surface area contributed by atoms with Gasteiger partial charge in [0, 0.05) is 11.4 Å². The van der Waals surface area contributed by atoms with Crippen LogP contribution >= 0.6 is 23.1 Å². The van der Waals surface area contributed by atoms with Crippen molar-refractivity contribution >= 4 is 39.2 Å². The molecule has 1 amide bonds. The van der Waals surface area contributed by atoms with E-state index in [0.29, 0.717) is 11.7 Å². The van der Waals surface area contributed by atoms with E-state index in [4.69, 9.17) is 4.98 Å². The zero-order valence-corrected chi connectivity index (χ0v) is 20.8. The van der Waals surface area contributed by atoms with Gasteiger partial charge in [0.1, 0.15) is 4.83 Å². The molecule has 5 rings (SSSR count). The Kier molecular flexibility index (Phi) is 6.83. The second-order valence-corrected chi connectivity index (χ2v) is 10.5. The molecular weight excluding hydrogens is 462 g/mol. The molecular formula is C27H27N3O2S2. The Morgan fingerprint density at radius 1 is 1.06 bits per heavy atom. The number of nitrogens with one attached hydrogen (secondary N) is 1. The molecule has 0 aliphatic heterocycles. The van der Waals surface area contributed by atoms with E-state index in [1.807, 2.05) is 67.6 Å². The van der Waals surface area contributed by atoms with Crippen LogP contribution in [0.3, 0.4) is 0 Å². The van der Waals surface area contributed by atoms with Crippen LogP contribution in [0.5, 0.6) is 0 Å². The van der Waals surface area contributed by atoms with Gasteiger partial charge in [-0.05, 0) is 49.3 Å². The Bertz CT molecular complexity index is 1320. The first-order chi connectivity index (χ1) is 16.7. The van der Waals surface area contributed by atoms with Gasteiger partial charge < -0.3 is 5.32 Å². The maximum atomic E-state index is 13.3. The van der Waals surface area contributed by atoms with Crippen molar-refractivity contribution in [2.75, 3.05) is 5.75 Å². The molecule has 4 aromatic rings. The molecule has 2 aromatic heterocycles. The first-order valence-corrected chi connectivity index (χ1v) is 13.5. The molecule has 1 N–H and O–H groups in total. The zero-order valence-electron chi connectivity index (χ0n) is 19.1. The number of aryl methyl sites for hydroxylation is 2. The summed E-state index contributed by atoms with van der Waals surface area (Å²) in [7, 11) is 0. The molecule has 0 fully saturated rings. The monoisotopic (exact) mass is 489 g/mol. The fraction of sp³-hybridized carbons (Fsp3) is 0.296. The van der Waals surface area contributed by atoms with Crippen LogP contribution in [0.15, 0.2) is 70.6 Å². The highest BCUT2D eigenvalue weighted by molar-refractivity contribution is 7.99. The highest BCUT2D eigenvalue weighted by Crippen LogP contribution is 2.34. The summed E-state index contributed by atoms with van der Waals surface area (Å²) in [6, 6.07) is 19.7. The number of nitrogens with zero attached hydrogens (tertiary/aromatic N) is 2. The molecule has 0 bridgehead atoms. The molecule has 0 saturated heterocycles. The fourth-order valence-electron chi connectivity index (χ4n) is 4.59. The predicted molar refractivity (Wildman–Crippen MR) is 140 cm³/mol. The molecule has 7 heteroatoms. The van der Waals surface area contributed by atoms with Crippen LogP contribution in [-0.2, 0) is 24.2 Å². The molecule has 0 saturated carbocycles. The minimum Gasteiger partial charge on any atom is -0.344 e. The minimum atomic E-state index is -0.233. The number of hydrogen-bond acceptors (Lipinski definition) is 5. The number of fused-ring (bicyclic) bond motifs is 3. The summed E-state index contributed by atoms with van der Waals surface area (Å²) in [6.45, 7) is 2.49. The van der Waals surface area contributed by atoms with Crippen LogP contribution in [0.1, 0.15) is 47.4 Å². The maximum Gasteiger partial charge on any atom is 0.263 e. The largest absolute Gasteiger partial charge is 0.344 e. The van der Waals surface area contributed by atoms with E-state index in [1.165, 1.54) is 28.6 Å². The van der Waals surface area contributed by atoms with Crippen molar-refractivity contribution < 1.29 is 4.79 Å². The van der Waals surface area contributed by atoms with Gasteiger partial charge in [-0.3, -0.25) is 14.2 Å². The maximum absolute atomic E-state index is 13.3. The number of carbonyl (C=O) groups excluding carboxylic acids is 1. The summed E-state index contributed by atoms with van der Waals surface area (Å²) in [5.74, 6) is 0.101. The van der Waals surface area contributed by atoms with Gasteiger partial charge in [0.15, 0.2) is 5.16 Å². The predicted octanol–water partition coefficient (Wildman–Crippen LogP) is 5.35. The van der Waals surface area contributed by atoms with E-state index in [0.717, 1.165) is 40.6 Å². The Morgan fingerprint density at radius 3 is 2.35 bits per heavy atom. The molecule has 0 unspecified atom stereocenters. The Labute approximate surface area is 207 Å². The van der Waals surface area contributed by atoms with Crippen molar-refractivity contribution in [2.24, 2.45) is 0 Å². The van der Waals surface area contributed by atoms with Crippen LogP contribution in [0.25, 0.3) is 10.2 Å². The summed E-state index contributed by atoms with van der Waals surface area (Å²) in [5.41, 5.74) is 3.29. The van der Waals surface area contributed by atoms with Crippen LogP contribution in [0.4, 0.5) is 0 Å². The number of rotatable bonds is 7. The smallest absolute Gasteiger partial charge is 0.263 e. The topological polar surface area (TPSA) is 64.0 Å². The molecule has 1 aliphatic rings. The molecule has 2 heterocycles. The van der Waals surface area contributed by atoms with Crippen molar-refractivity contribution in [1.82, 2.24) is 14.9 Å². The number of amides is 1. The molecule has 0 atom stereocenters. The SMILES string of the molecule is CCn1c(SCC(=O)NC(c2ccccc2)c2ccccc2)nc2sc3c(c2c1=O)CCCC3. The second kappa shape index (κ2) is 10.2. The van der Waals surface area contributed by atoms with Gasteiger partial charge in [0.05, 0.1) is 17.2 Å². The van der Waals surface area contributed by atoms with Gasteiger partial charge in [0.2, 0.25) is 5.91 Å². The third-order valence-electron chi connectivity index (χ3n) is 6.26. The summed E-state index contributed by atoms with van der Waals surface area (Å²) < 4.78 is 1.72. The van der Waals surface area contributed by atoms with Gasteiger partial charge in [-0.2, -0.15) is 0 Å². The molecule has 2 aromatic carbocycles. The number of thiophene rings is 1. The number of carbonyl (C=O) groups is 1. The molecule has 0 radical (unpaired) electrons. The van der Waals surface area contributed by atoms with Gasteiger partial charge in [-0.1, -0.05) is 72.4 Å². The van der Waals surface area contributed by atoms with Gasteiger partial charge in [-0.15, -0.1) is 11.3 Å². The van der Waals surface area contributed by atoms with E-state index < -0.39 is 0 Å². The lowest BCUT2D eigenvalue weighted by atomic mass is 9.97. The molecule has 34 heavy (non-hydrogen) atoms. The normalized spacial score (nSPS) is 13.2. The fourth-order valence-corrected chi connectivity index (χ4v) is 6.77. The quantitative estimate of drug-likeness (QED) is 0.281. The highest BCUT2D eigenvalue weighted by atomic mass is 32.2. The lowest BCUT2D eigenvalue weighted by Gasteiger charge is -2.20. The van der Waals surface area contributed by atoms with Crippen LogP contribution < -0.4 is 10.9 Å². The first kappa shape index (κ1) is 22.9. The van der Waals surface area contributed by atoms with Crippen LogP contribution in [0.2, 0.25) is 0 Å². The zero-order chi connectivity index (χ0) is 23.5. The minimum absolute atomic E-state index is 0.0289. The third kappa shape index (κ3) is 4.55. The van der Waals surface area contributed by atoms with Crippen molar-refractivity contribution in [3.63, 3.8) is 0 Å². The number of hydrogen-bond donors (Lipinski definition) is 1. The Morgan fingerprint density at radius 2 is 1.71 bits per heavy atom. The number of thioether (sulfide) groups is 1. The molecule has 0 spiro atoms. The van der Waals surface area contributed by atoms with Gasteiger partial charge in [-0.25, -0.2) is 4.98 Å². The van der Waals surface area contributed by atoms with E-state index in [1.54, 1.807) is 15.9 Å². The average molecular weight is 490 g/mol. The van der Waals surface area contributed by atoms with Gasteiger partial charge in [0.25, 0.3) is 5.56 Å². The Hall–Kier alpha value is -2.90. The molecule has 1 aliphatic carbocycles. The van der Waals surface area contributed by atoms with Crippen molar-refractivity contribution in [3.8, 4) is 0 Å². The van der Waals surface area contributed by atoms with Gasteiger partial charge >= 0.3 is 0 Å². The lowest BCUT2D eigenvalue weighted by molar-refractivity contribution is -0.119. The summed E-state index contributed by atoms with van der Waals surface area (Å²) in [6.07, 6.45) is 4.30. The van der Waals surface area contributed by atoms with Crippen LogP contribution in [0, 0.1) is 0 Å². The number of aromatic nitrogens is 2. The molecule has 174 valence electrons. The van der Waals surface area contributed by atoms with Crippen molar-refractivity contribution in [2.45, 2.75) is 50.4 Å². The summed E-state index contributed by atoms with van der Waals surface area (Å²) in [5, 5.41) is 4.59. The van der Waals surface area contributed by atoms with E-state index in [-0.39, 0.29) is 23.3 Å². The van der Waals surface area contributed by atoms with E-state index in [9.17, 15) is 9.59 Å². The number of benzene rings is 2. The summed E-state index contributed by atoms with van der Waals surface area (Å²) in [4.78, 5) is 33.3. The van der Waals surface area contributed by atoms with Crippen LogP contribution in [-0.4, -0.2) is 21.2 Å². The average Bonchev–Trinajstić information content (AvgIpc) is 3.26. The lowest BCUT2D eigenvalue weighted by Crippen LogP contribution is -2.31. The molecule has 5 nitrogen and oxygen atoms in total. The van der Waals surface area contributed by atoms with Crippen molar-refractivity contribution in [3.05, 3.63) is 92.6 Å². The standard InChI is InChI=1S/C27H27N3O2S2/c1-2-30-26(32)23-20-15-9-10-16-21(20)34-25(23)29-27(30)33-17-22(31)28-24(18-11-5-3-6-12-18)19-13-7-4-8-14-19/h3-8,11-14,24H,2,9-10,15-17H2,1H3,(H,28,31). The summed E-state index contributed by atoms with van der Waals surface area (Å²) >= 11 is 2.98. The van der Waals surface area contributed by atoms with E-state index >= 15 is 0 Å². The first-order valence-electron chi connectivity index (χ1n) is 11.7. The van der Waals surface area contributed by atoms with E-state index in [2.05, 4.69) is 5.32 Å². The third-order valence-corrected chi connectivity index (χ3v) is 8.42. The Balaban J connectivity index is 1.38. The highest BCUT2D eigenvalue weighted by Gasteiger charge is 2.23. The second-order valence-electron chi connectivity index (χ2n) is 8.45.